The van der Waals surface area contributed by atoms with E-state index in [-0.39, 0.29) is 0 Å². The van der Waals surface area contributed by atoms with Gasteiger partial charge in [-0.05, 0) is 42.0 Å². The van der Waals surface area contributed by atoms with Gasteiger partial charge in [-0.1, -0.05) is 48.0 Å². The minimum atomic E-state index is 0.741. The molecule has 0 radical (unpaired) electrons. The molecule has 0 N–H and O–H groups in total. The fraction of sp³-hybridized carbons (Fsp3) is 0. The van der Waals surface area contributed by atoms with Crippen molar-refractivity contribution in [2.75, 3.05) is 0 Å². The van der Waals surface area contributed by atoms with Crippen molar-refractivity contribution < 1.29 is 0 Å². The molecule has 0 atom stereocenters. The SMILES string of the molecule is Clc1ccc2c(c1)cc(-c1ccccc1)n2-c1ccccn1. The first-order valence-corrected chi connectivity index (χ1v) is 7.48. The van der Waals surface area contributed by atoms with Crippen LogP contribution in [-0.2, 0) is 0 Å². The number of benzene rings is 2. The van der Waals surface area contributed by atoms with Gasteiger partial charge >= 0.3 is 0 Å². The Morgan fingerprint density at radius 3 is 2.41 bits per heavy atom. The summed E-state index contributed by atoms with van der Waals surface area (Å²) in [6.07, 6.45) is 1.81. The van der Waals surface area contributed by atoms with E-state index in [2.05, 4.69) is 27.8 Å². The molecule has 0 amide bonds. The largest absolute Gasteiger partial charge is 0.294 e. The predicted octanol–water partition coefficient (Wildman–Crippen LogP) is 5.35. The van der Waals surface area contributed by atoms with Crippen molar-refractivity contribution in [2.24, 2.45) is 0 Å². The first-order valence-electron chi connectivity index (χ1n) is 7.11. The number of hydrogen-bond donors (Lipinski definition) is 0. The van der Waals surface area contributed by atoms with Gasteiger partial charge in [-0.25, -0.2) is 4.98 Å². The van der Waals surface area contributed by atoms with Crippen LogP contribution in [0.5, 0.6) is 0 Å². The summed E-state index contributed by atoms with van der Waals surface area (Å²) in [4.78, 5) is 4.51. The molecule has 0 aliphatic carbocycles. The third kappa shape index (κ3) is 2.18. The van der Waals surface area contributed by atoms with Crippen LogP contribution in [0.25, 0.3) is 28.0 Å². The van der Waals surface area contributed by atoms with Crippen LogP contribution in [0.15, 0.2) is 79.0 Å². The maximum Gasteiger partial charge on any atom is 0.137 e. The quantitative estimate of drug-likeness (QED) is 0.488. The topological polar surface area (TPSA) is 17.8 Å². The number of nitrogens with zero attached hydrogens (tertiary/aromatic N) is 2. The number of pyridine rings is 1. The van der Waals surface area contributed by atoms with E-state index in [0.717, 1.165) is 33.0 Å². The van der Waals surface area contributed by atoms with E-state index in [1.165, 1.54) is 0 Å². The zero-order valence-electron chi connectivity index (χ0n) is 11.8. The van der Waals surface area contributed by atoms with Crippen molar-refractivity contribution in [1.29, 1.82) is 0 Å². The van der Waals surface area contributed by atoms with Crippen molar-refractivity contribution in [3.05, 3.63) is 84.0 Å². The van der Waals surface area contributed by atoms with E-state index in [1.54, 1.807) is 0 Å². The van der Waals surface area contributed by atoms with E-state index in [9.17, 15) is 0 Å². The van der Waals surface area contributed by atoms with Gasteiger partial charge in [0.05, 0.1) is 11.2 Å². The molecule has 2 heterocycles. The number of fused-ring (bicyclic) bond motifs is 1. The van der Waals surface area contributed by atoms with Gasteiger partial charge in [0.2, 0.25) is 0 Å². The summed E-state index contributed by atoms with van der Waals surface area (Å²) in [5.41, 5.74) is 3.36. The predicted molar refractivity (Wildman–Crippen MR) is 91.5 cm³/mol. The fourth-order valence-electron chi connectivity index (χ4n) is 2.74. The Bertz CT molecular complexity index is 928. The molecule has 4 rings (SSSR count). The van der Waals surface area contributed by atoms with Crippen molar-refractivity contribution in [2.45, 2.75) is 0 Å². The molecule has 0 fully saturated rings. The van der Waals surface area contributed by atoms with E-state index in [4.69, 9.17) is 11.6 Å². The lowest BCUT2D eigenvalue weighted by atomic mass is 10.1. The summed E-state index contributed by atoms with van der Waals surface area (Å²) in [6, 6.07) is 24.4. The normalized spacial score (nSPS) is 11.0. The summed E-state index contributed by atoms with van der Waals surface area (Å²) in [5, 5.41) is 1.85. The van der Waals surface area contributed by atoms with E-state index < -0.39 is 0 Å². The van der Waals surface area contributed by atoms with Crippen LogP contribution in [0.4, 0.5) is 0 Å². The van der Waals surface area contributed by atoms with Crippen LogP contribution >= 0.6 is 11.6 Å². The minimum absolute atomic E-state index is 0.741. The highest BCUT2D eigenvalue weighted by Crippen LogP contribution is 2.32. The smallest absolute Gasteiger partial charge is 0.137 e. The maximum atomic E-state index is 6.15. The van der Waals surface area contributed by atoms with E-state index >= 15 is 0 Å². The molecule has 2 nitrogen and oxygen atoms in total. The molecule has 2 aromatic heterocycles. The summed E-state index contributed by atoms with van der Waals surface area (Å²) in [6.45, 7) is 0. The highest BCUT2D eigenvalue weighted by atomic mass is 35.5. The third-order valence-electron chi connectivity index (χ3n) is 3.71. The van der Waals surface area contributed by atoms with Crippen LogP contribution in [0.2, 0.25) is 5.02 Å². The Kier molecular flexibility index (Phi) is 3.17. The molecule has 0 saturated carbocycles. The van der Waals surface area contributed by atoms with E-state index in [0.29, 0.717) is 0 Å². The molecule has 0 bridgehead atoms. The van der Waals surface area contributed by atoms with Crippen molar-refractivity contribution in [3.8, 4) is 17.1 Å². The summed E-state index contributed by atoms with van der Waals surface area (Å²) >= 11 is 6.15. The van der Waals surface area contributed by atoms with Crippen LogP contribution in [0, 0.1) is 0 Å². The number of rotatable bonds is 2. The summed E-state index contributed by atoms with van der Waals surface area (Å²) < 4.78 is 2.17. The first-order chi connectivity index (χ1) is 10.8. The van der Waals surface area contributed by atoms with Crippen molar-refractivity contribution in [3.63, 3.8) is 0 Å². The first kappa shape index (κ1) is 13.1. The summed E-state index contributed by atoms with van der Waals surface area (Å²) in [5.74, 6) is 0.902. The van der Waals surface area contributed by atoms with Crippen molar-refractivity contribution in [1.82, 2.24) is 9.55 Å². The van der Waals surface area contributed by atoms with Gasteiger partial charge in [0, 0.05) is 16.6 Å². The molecule has 0 aliphatic heterocycles. The Morgan fingerprint density at radius 2 is 1.64 bits per heavy atom. The average Bonchev–Trinajstić information content (AvgIpc) is 2.95. The van der Waals surface area contributed by atoms with Gasteiger partial charge in [-0.15, -0.1) is 0 Å². The Morgan fingerprint density at radius 1 is 0.818 bits per heavy atom. The van der Waals surface area contributed by atoms with Crippen LogP contribution in [0.1, 0.15) is 0 Å². The van der Waals surface area contributed by atoms with Gasteiger partial charge in [0.1, 0.15) is 5.82 Å². The molecule has 4 aromatic rings. The van der Waals surface area contributed by atoms with Gasteiger partial charge in [0.15, 0.2) is 0 Å². The second-order valence-electron chi connectivity index (χ2n) is 5.12. The Balaban J connectivity index is 2.07. The molecule has 0 spiro atoms. The number of halogens is 1. The highest BCUT2D eigenvalue weighted by molar-refractivity contribution is 6.31. The van der Waals surface area contributed by atoms with Gasteiger partial charge in [-0.2, -0.15) is 0 Å². The Labute approximate surface area is 133 Å². The van der Waals surface area contributed by atoms with Gasteiger partial charge < -0.3 is 0 Å². The van der Waals surface area contributed by atoms with Crippen LogP contribution in [0.3, 0.4) is 0 Å². The number of aromatic nitrogens is 2. The van der Waals surface area contributed by atoms with E-state index in [1.807, 2.05) is 60.8 Å². The lowest BCUT2D eigenvalue weighted by molar-refractivity contribution is 1.05. The molecule has 2 aromatic carbocycles. The zero-order valence-corrected chi connectivity index (χ0v) is 12.5. The lowest BCUT2D eigenvalue weighted by Crippen LogP contribution is -1.98. The molecule has 106 valence electrons. The van der Waals surface area contributed by atoms with Crippen molar-refractivity contribution >= 4 is 22.5 Å². The third-order valence-corrected chi connectivity index (χ3v) is 3.95. The molecule has 0 saturated heterocycles. The molecule has 0 aliphatic rings. The van der Waals surface area contributed by atoms with Gasteiger partial charge in [0.25, 0.3) is 0 Å². The monoisotopic (exact) mass is 304 g/mol. The zero-order chi connectivity index (χ0) is 14.9. The fourth-order valence-corrected chi connectivity index (χ4v) is 2.92. The maximum absolute atomic E-state index is 6.15. The second-order valence-corrected chi connectivity index (χ2v) is 5.56. The highest BCUT2D eigenvalue weighted by Gasteiger charge is 2.13. The molecule has 22 heavy (non-hydrogen) atoms. The molecule has 0 unspecified atom stereocenters. The standard InChI is InChI=1S/C19H13ClN2/c20-16-9-10-17-15(12-16)13-18(14-6-2-1-3-7-14)22(17)19-8-4-5-11-21-19/h1-13H. The van der Waals surface area contributed by atoms with Gasteiger partial charge in [-0.3, -0.25) is 4.57 Å². The van der Waals surface area contributed by atoms with Crippen LogP contribution in [-0.4, -0.2) is 9.55 Å². The number of hydrogen-bond acceptors (Lipinski definition) is 1. The second kappa shape index (κ2) is 5.32. The molecular formula is C19H13ClN2. The summed E-state index contributed by atoms with van der Waals surface area (Å²) in [7, 11) is 0. The lowest BCUT2D eigenvalue weighted by Gasteiger charge is -2.10. The Hall–Kier alpha value is -2.58. The molecule has 3 heteroatoms. The average molecular weight is 305 g/mol. The minimum Gasteiger partial charge on any atom is -0.294 e. The van der Waals surface area contributed by atoms with Crippen LogP contribution < -0.4 is 0 Å². The molecular weight excluding hydrogens is 292 g/mol.